The van der Waals surface area contributed by atoms with Crippen LogP contribution in [0.2, 0.25) is 0 Å². The van der Waals surface area contributed by atoms with E-state index < -0.39 is 10.0 Å². The Labute approximate surface area is 98.6 Å². The molecule has 0 aliphatic heterocycles. The molecule has 0 aromatic rings. The van der Waals surface area contributed by atoms with Gasteiger partial charge in [0, 0.05) is 6.61 Å². The van der Waals surface area contributed by atoms with Crippen LogP contribution in [0.3, 0.4) is 0 Å². The van der Waals surface area contributed by atoms with Crippen molar-refractivity contribution in [1.82, 2.24) is 0 Å². The molecule has 0 amide bonds. The molecular formula is C11H23NO3S. The third-order valence-electron chi connectivity index (χ3n) is 3.09. The van der Waals surface area contributed by atoms with Crippen molar-refractivity contribution >= 4 is 10.0 Å². The van der Waals surface area contributed by atoms with Crippen molar-refractivity contribution < 1.29 is 13.2 Å². The van der Waals surface area contributed by atoms with Crippen molar-refractivity contribution in [3.63, 3.8) is 0 Å². The zero-order valence-electron chi connectivity index (χ0n) is 10.2. The minimum Gasteiger partial charge on any atom is -0.381 e. The number of nitrogens with two attached hydrogens (primary N) is 1. The molecule has 1 aliphatic carbocycles. The molecule has 96 valence electrons. The lowest BCUT2D eigenvalue weighted by Gasteiger charge is -2.19. The maximum absolute atomic E-state index is 11.0. The van der Waals surface area contributed by atoms with Crippen LogP contribution in [0.1, 0.15) is 33.1 Å². The van der Waals surface area contributed by atoms with E-state index in [1.807, 2.05) is 13.8 Å². The quantitative estimate of drug-likeness (QED) is 0.660. The van der Waals surface area contributed by atoms with Gasteiger partial charge in [0.25, 0.3) is 0 Å². The molecule has 0 radical (unpaired) electrons. The van der Waals surface area contributed by atoms with E-state index in [0.29, 0.717) is 6.61 Å². The molecule has 1 fully saturated rings. The second kappa shape index (κ2) is 5.98. The highest BCUT2D eigenvalue weighted by molar-refractivity contribution is 7.89. The maximum Gasteiger partial charge on any atom is 0.209 e. The van der Waals surface area contributed by atoms with Gasteiger partial charge in [-0.15, -0.1) is 0 Å². The molecule has 0 aromatic heterocycles. The van der Waals surface area contributed by atoms with Crippen molar-refractivity contribution in [2.45, 2.75) is 33.1 Å². The molecule has 16 heavy (non-hydrogen) atoms. The van der Waals surface area contributed by atoms with E-state index in [1.54, 1.807) is 0 Å². The average Bonchev–Trinajstić information content (AvgIpc) is 2.91. The molecule has 4 nitrogen and oxygen atoms in total. The van der Waals surface area contributed by atoms with Crippen molar-refractivity contribution in [3.8, 4) is 0 Å². The minimum atomic E-state index is -3.39. The van der Waals surface area contributed by atoms with Gasteiger partial charge in [-0.1, -0.05) is 26.7 Å². The zero-order valence-corrected chi connectivity index (χ0v) is 11.0. The Morgan fingerprint density at radius 2 is 2.00 bits per heavy atom. The summed E-state index contributed by atoms with van der Waals surface area (Å²) in [5.74, 6) is 1.16. The molecule has 0 spiro atoms. The molecule has 2 N–H and O–H groups in total. The molecule has 1 unspecified atom stereocenters. The predicted molar refractivity (Wildman–Crippen MR) is 64.5 cm³/mol. The first-order valence-corrected chi connectivity index (χ1v) is 7.68. The van der Waals surface area contributed by atoms with Gasteiger partial charge in [0.15, 0.2) is 0 Å². The largest absolute Gasteiger partial charge is 0.381 e. The summed E-state index contributed by atoms with van der Waals surface area (Å²) in [6.45, 7) is 5.25. The third kappa shape index (κ3) is 6.45. The fourth-order valence-corrected chi connectivity index (χ4v) is 2.70. The molecule has 1 saturated carbocycles. The highest BCUT2D eigenvalue weighted by Gasteiger charge is 2.22. The summed E-state index contributed by atoms with van der Waals surface area (Å²) in [6, 6.07) is 0. The topological polar surface area (TPSA) is 69.4 Å². The first-order valence-electron chi connectivity index (χ1n) is 5.96. The Morgan fingerprint density at radius 1 is 1.38 bits per heavy atom. The number of hydrogen-bond acceptors (Lipinski definition) is 3. The van der Waals surface area contributed by atoms with E-state index in [0.717, 1.165) is 18.9 Å². The Bertz CT molecular complexity index is 296. The normalized spacial score (nSPS) is 19.0. The minimum absolute atomic E-state index is 0.00852. The number of sulfonamides is 1. The van der Waals surface area contributed by atoms with Gasteiger partial charge in [-0.25, -0.2) is 13.6 Å². The highest BCUT2D eigenvalue weighted by Crippen LogP contribution is 2.32. The van der Waals surface area contributed by atoms with E-state index in [2.05, 4.69) is 0 Å². The number of primary sulfonamides is 1. The van der Waals surface area contributed by atoms with Crippen LogP contribution in [0.5, 0.6) is 0 Å². The standard InChI is InChI=1S/C11H23NO3S/c1-9(2)11(8-16(12,13)14)7-15-6-5-10-3-4-10/h9-11H,3-8H2,1-2H3,(H2,12,13,14). The van der Waals surface area contributed by atoms with Crippen LogP contribution in [0.4, 0.5) is 0 Å². The Hall–Kier alpha value is -0.130. The van der Waals surface area contributed by atoms with Crippen molar-refractivity contribution in [3.05, 3.63) is 0 Å². The fraction of sp³-hybridized carbons (Fsp3) is 1.00. The number of rotatable bonds is 8. The van der Waals surface area contributed by atoms with Gasteiger partial charge >= 0.3 is 0 Å². The van der Waals surface area contributed by atoms with E-state index >= 15 is 0 Å². The lowest BCUT2D eigenvalue weighted by Crippen LogP contribution is -2.29. The molecule has 1 aliphatic rings. The van der Waals surface area contributed by atoms with Crippen LogP contribution in [-0.2, 0) is 14.8 Å². The Balaban J connectivity index is 2.21. The van der Waals surface area contributed by atoms with Gasteiger partial charge in [0.2, 0.25) is 10.0 Å². The summed E-state index contributed by atoms with van der Waals surface area (Å²) in [7, 11) is -3.39. The lowest BCUT2D eigenvalue weighted by molar-refractivity contribution is 0.0865. The van der Waals surface area contributed by atoms with Crippen LogP contribution >= 0.6 is 0 Å². The smallest absolute Gasteiger partial charge is 0.209 e. The van der Waals surface area contributed by atoms with Crippen LogP contribution in [0.25, 0.3) is 0 Å². The first-order chi connectivity index (χ1) is 7.38. The van der Waals surface area contributed by atoms with Crippen molar-refractivity contribution in [1.29, 1.82) is 0 Å². The third-order valence-corrected chi connectivity index (χ3v) is 3.98. The van der Waals surface area contributed by atoms with Gasteiger partial charge in [-0.2, -0.15) is 0 Å². The van der Waals surface area contributed by atoms with Gasteiger partial charge in [-0.05, 0) is 24.2 Å². The van der Waals surface area contributed by atoms with Crippen LogP contribution in [-0.4, -0.2) is 27.4 Å². The number of ether oxygens (including phenoxy) is 1. The van der Waals surface area contributed by atoms with Gasteiger partial charge in [0.1, 0.15) is 0 Å². The fourth-order valence-electron chi connectivity index (χ4n) is 1.62. The Kier molecular flexibility index (Phi) is 5.21. The van der Waals surface area contributed by atoms with Crippen LogP contribution < -0.4 is 5.14 Å². The molecule has 0 heterocycles. The highest BCUT2D eigenvalue weighted by atomic mass is 32.2. The summed E-state index contributed by atoms with van der Waals surface area (Å²) in [5, 5.41) is 5.05. The summed E-state index contributed by atoms with van der Waals surface area (Å²) >= 11 is 0. The number of hydrogen-bond donors (Lipinski definition) is 1. The average molecular weight is 249 g/mol. The summed E-state index contributed by atoms with van der Waals surface area (Å²) in [6.07, 6.45) is 3.77. The van der Waals surface area contributed by atoms with E-state index in [9.17, 15) is 8.42 Å². The molecule has 0 bridgehead atoms. The molecule has 1 rings (SSSR count). The molecule has 1 atom stereocenters. The molecular weight excluding hydrogens is 226 g/mol. The monoisotopic (exact) mass is 249 g/mol. The van der Waals surface area contributed by atoms with Gasteiger partial charge in [-0.3, -0.25) is 0 Å². The second-order valence-electron chi connectivity index (χ2n) is 5.14. The maximum atomic E-state index is 11.0. The van der Waals surface area contributed by atoms with Crippen LogP contribution in [0, 0.1) is 17.8 Å². The summed E-state index contributed by atoms with van der Waals surface area (Å²) < 4.78 is 27.6. The molecule has 5 heteroatoms. The zero-order chi connectivity index (χ0) is 12.2. The van der Waals surface area contributed by atoms with Crippen molar-refractivity contribution in [2.75, 3.05) is 19.0 Å². The van der Waals surface area contributed by atoms with Gasteiger partial charge < -0.3 is 4.74 Å². The van der Waals surface area contributed by atoms with Crippen molar-refractivity contribution in [2.24, 2.45) is 22.9 Å². The SMILES string of the molecule is CC(C)C(COCCC1CC1)CS(N)(=O)=O. The van der Waals surface area contributed by atoms with E-state index in [-0.39, 0.29) is 17.6 Å². The first kappa shape index (κ1) is 13.9. The molecule has 0 saturated heterocycles. The summed E-state index contributed by atoms with van der Waals surface area (Å²) in [4.78, 5) is 0. The predicted octanol–water partition coefficient (Wildman–Crippen LogP) is 1.36. The second-order valence-corrected chi connectivity index (χ2v) is 6.80. The summed E-state index contributed by atoms with van der Waals surface area (Å²) in [5.41, 5.74) is 0. The Morgan fingerprint density at radius 3 is 2.44 bits per heavy atom. The van der Waals surface area contributed by atoms with Gasteiger partial charge in [0.05, 0.1) is 12.4 Å². The van der Waals surface area contributed by atoms with E-state index in [4.69, 9.17) is 9.88 Å². The lowest BCUT2D eigenvalue weighted by atomic mass is 9.99. The molecule has 0 aromatic carbocycles. The van der Waals surface area contributed by atoms with Crippen LogP contribution in [0.15, 0.2) is 0 Å². The van der Waals surface area contributed by atoms with E-state index in [1.165, 1.54) is 12.8 Å².